The summed E-state index contributed by atoms with van der Waals surface area (Å²) in [5.41, 5.74) is -3.94. The molecule has 4 fully saturated rings. The fraction of sp³-hybridized carbons (Fsp3) is 0.760. The van der Waals surface area contributed by atoms with E-state index in [0.717, 1.165) is 0 Å². The molecule has 4 aliphatic carbocycles. The van der Waals surface area contributed by atoms with Crippen LogP contribution in [0.3, 0.4) is 0 Å². The molecule has 0 aromatic heterocycles. The number of carbonyl (C=O) groups excluding carboxylic acids is 2. The highest BCUT2D eigenvalue weighted by atomic mass is 16.7. The van der Waals surface area contributed by atoms with Crippen LogP contribution in [-0.4, -0.2) is 52.5 Å². The van der Waals surface area contributed by atoms with Crippen LogP contribution in [0.15, 0.2) is 23.8 Å². The molecule has 6 nitrogen and oxygen atoms in total. The summed E-state index contributed by atoms with van der Waals surface area (Å²) in [5, 5.41) is 21.6. The Morgan fingerprint density at radius 3 is 2.94 bits per heavy atom. The van der Waals surface area contributed by atoms with E-state index >= 15 is 0 Å². The molecule has 1 unspecified atom stereocenters. The minimum atomic E-state index is -2.05. The summed E-state index contributed by atoms with van der Waals surface area (Å²) in [6.45, 7) is 4.55. The van der Waals surface area contributed by atoms with E-state index in [9.17, 15) is 19.8 Å². The van der Waals surface area contributed by atoms with E-state index in [0.29, 0.717) is 6.42 Å². The van der Waals surface area contributed by atoms with E-state index in [4.69, 9.17) is 16.3 Å². The molecule has 2 N–H and O–H groups in total. The Morgan fingerprint density at radius 1 is 1.45 bits per heavy atom. The summed E-state index contributed by atoms with van der Waals surface area (Å²) in [6.07, 6.45) is -3.23. The van der Waals surface area contributed by atoms with Crippen LogP contribution in [0.4, 0.5) is 0 Å². The van der Waals surface area contributed by atoms with Gasteiger partial charge in [-0.3, -0.25) is 9.59 Å². The molecule has 0 radical (unpaired) electrons. The number of aliphatic hydroxyl groups is 2. The van der Waals surface area contributed by atoms with Gasteiger partial charge in [0.1, 0.15) is 6.61 Å². The molecule has 0 spiro atoms. The number of allylic oxidation sites excluding steroid dienone is 4. The van der Waals surface area contributed by atoms with E-state index in [2.05, 4.69) is 0 Å². The highest BCUT2D eigenvalue weighted by Crippen LogP contribution is 2.69. The van der Waals surface area contributed by atoms with Gasteiger partial charge in [0, 0.05) is 19.5 Å². The molecule has 0 aromatic rings. The second-order valence-corrected chi connectivity index (χ2v) is 10.1. The molecule has 170 valence electrons. The number of hydrogen-bond donors (Lipinski definition) is 2. The summed E-state index contributed by atoms with van der Waals surface area (Å²) in [7, 11) is 0. The lowest BCUT2D eigenvalue weighted by atomic mass is 9.46. The van der Waals surface area contributed by atoms with Crippen LogP contribution < -0.4 is 0 Å². The standard InChI is InChI=1S/C25H34O6/c1-4-5-21-30-20-11-17-16-7-6-14-10-15(27)8-9-23(14,2)22(16)18(28)12-24(17,3)25(20,31-21)19(29)13-26/h8-10,16-18,20-22,26,28H,4-7,11-13H2,1-3H3/t16-,17-,18-,20+,21?,22+,23-,24-,25+/m0/s1/i6D2,8D,10D,21D. The van der Waals surface area contributed by atoms with Crippen LogP contribution in [0.25, 0.3) is 0 Å². The lowest BCUT2D eigenvalue weighted by molar-refractivity contribution is -0.200. The number of carbonyl (C=O) groups is 2. The first kappa shape index (κ1) is 16.3. The second kappa shape index (κ2) is 7.08. The van der Waals surface area contributed by atoms with Crippen molar-refractivity contribution in [2.24, 2.45) is 28.6 Å². The van der Waals surface area contributed by atoms with Crippen LogP contribution in [0.5, 0.6) is 0 Å². The maximum absolute atomic E-state index is 13.4. The Balaban J connectivity index is 1.65. The van der Waals surface area contributed by atoms with Crippen molar-refractivity contribution in [3.05, 3.63) is 23.8 Å². The summed E-state index contributed by atoms with van der Waals surface area (Å²) >= 11 is 0. The zero-order valence-corrected chi connectivity index (χ0v) is 18.2. The topological polar surface area (TPSA) is 93.1 Å². The van der Waals surface area contributed by atoms with Gasteiger partial charge < -0.3 is 19.7 Å². The van der Waals surface area contributed by atoms with Crippen LogP contribution in [0.1, 0.15) is 66.1 Å². The largest absolute Gasteiger partial charge is 0.393 e. The van der Waals surface area contributed by atoms with Gasteiger partial charge >= 0.3 is 0 Å². The Bertz CT molecular complexity index is 1090. The summed E-state index contributed by atoms with van der Waals surface area (Å²) < 4.78 is 55.2. The summed E-state index contributed by atoms with van der Waals surface area (Å²) in [4.78, 5) is 25.8. The van der Waals surface area contributed by atoms with Crippen molar-refractivity contribution in [3.63, 3.8) is 0 Å². The summed E-state index contributed by atoms with van der Waals surface area (Å²) in [6, 6.07) is -0.905. The van der Waals surface area contributed by atoms with Crippen molar-refractivity contribution in [2.75, 3.05) is 6.61 Å². The third-order valence-corrected chi connectivity index (χ3v) is 8.66. The van der Waals surface area contributed by atoms with E-state index in [1.165, 1.54) is 6.08 Å². The molecule has 1 saturated heterocycles. The Kier molecular flexibility index (Phi) is 3.72. The molecule has 31 heavy (non-hydrogen) atoms. The van der Waals surface area contributed by atoms with Crippen LogP contribution in [-0.2, 0) is 19.1 Å². The number of Topliss-reactive ketones (excluding diaryl/α,β-unsaturated/α-hetero) is 1. The molecule has 5 rings (SSSR count). The minimum absolute atomic E-state index is 0.000127. The smallest absolute Gasteiger partial charge is 0.193 e. The molecule has 0 amide bonds. The molecule has 3 saturated carbocycles. The number of ether oxygens (including phenoxy) is 2. The molecular formula is C25H34O6. The monoisotopic (exact) mass is 435 g/mol. The zero-order chi connectivity index (χ0) is 26.6. The number of rotatable bonds is 4. The zero-order valence-electron chi connectivity index (χ0n) is 23.2. The number of hydrogen-bond acceptors (Lipinski definition) is 6. The van der Waals surface area contributed by atoms with Gasteiger partial charge in [0.05, 0.1) is 16.3 Å². The minimum Gasteiger partial charge on any atom is -0.393 e. The predicted octanol–water partition coefficient (Wildman–Crippen LogP) is 2.72. The van der Waals surface area contributed by atoms with E-state index < -0.39 is 77.3 Å². The molecular weight excluding hydrogens is 396 g/mol. The maximum atomic E-state index is 13.4. The van der Waals surface area contributed by atoms with Gasteiger partial charge in [-0.2, -0.15) is 0 Å². The fourth-order valence-electron chi connectivity index (χ4n) is 7.41. The molecule has 9 atom stereocenters. The van der Waals surface area contributed by atoms with Gasteiger partial charge in [-0.05, 0) is 56.0 Å². The third-order valence-electron chi connectivity index (χ3n) is 8.66. The molecule has 5 aliphatic rings. The Morgan fingerprint density at radius 2 is 2.23 bits per heavy atom. The van der Waals surface area contributed by atoms with Gasteiger partial charge in [0.25, 0.3) is 0 Å². The first-order chi connectivity index (χ1) is 16.6. The third kappa shape index (κ3) is 2.65. The van der Waals surface area contributed by atoms with E-state index in [1.54, 1.807) is 13.8 Å². The molecule has 1 heterocycles. The number of fused-ring (bicyclic) bond motifs is 7. The molecule has 0 aromatic carbocycles. The number of aliphatic hydroxyl groups excluding tert-OH is 2. The van der Waals surface area contributed by atoms with Crippen molar-refractivity contribution in [3.8, 4) is 0 Å². The Labute approximate surface area is 190 Å². The SMILES string of the molecule is [2H]C1=C[C@@]2(C)C(=C([2H])C1=O)C([2H])([2H])C[C@@H]1[C@@H]2[C@@H](O)C[C@@]2(C)[C@H]1C[C@H]1OC([2H])(CCC)O[C@]12C(=O)CO. The van der Waals surface area contributed by atoms with Crippen LogP contribution in [0.2, 0.25) is 0 Å². The van der Waals surface area contributed by atoms with Gasteiger partial charge in [-0.1, -0.05) is 38.8 Å². The lowest BCUT2D eigenvalue weighted by Gasteiger charge is -2.59. The van der Waals surface area contributed by atoms with Gasteiger partial charge in [-0.25, -0.2) is 0 Å². The van der Waals surface area contributed by atoms with Gasteiger partial charge in [0.2, 0.25) is 0 Å². The lowest BCUT2D eigenvalue weighted by Crippen LogP contribution is -2.63. The average Bonchev–Trinajstić information content (AvgIpc) is 3.18. The predicted molar refractivity (Wildman–Crippen MR) is 113 cm³/mol. The second-order valence-electron chi connectivity index (χ2n) is 10.1. The average molecular weight is 436 g/mol. The van der Waals surface area contributed by atoms with Crippen LogP contribution in [0, 0.1) is 28.6 Å². The van der Waals surface area contributed by atoms with Crippen molar-refractivity contribution >= 4 is 11.6 Å². The first-order valence-corrected chi connectivity index (χ1v) is 11.3. The quantitative estimate of drug-likeness (QED) is 0.705. The normalized spacial score (nSPS) is 57.3. The maximum Gasteiger partial charge on any atom is 0.193 e. The molecule has 0 bridgehead atoms. The summed E-state index contributed by atoms with van der Waals surface area (Å²) in [5.74, 6) is -2.88. The van der Waals surface area contributed by atoms with Crippen molar-refractivity contribution in [1.29, 1.82) is 0 Å². The highest BCUT2D eigenvalue weighted by molar-refractivity contribution is 6.01. The van der Waals surface area contributed by atoms with Gasteiger partial charge in [-0.15, -0.1) is 0 Å². The molecule has 1 aliphatic heterocycles. The first-order valence-electron chi connectivity index (χ1n) is 13.8. The van der Waals surface area contributed by atoms with Gasteiger partial charge in [0.15, 0.2) is 23.4 Å². The van der Waals surface area contributed by atoms with Crippen molar-refractivity contribution in [1.82, 2.24) is 0 Å². The fourth-order valence-corrected chi connectivity index (χ4v) is 7.41. The highest BCUT2D eigenvalue weighted by Gasteiger charge is 2.75. The van der Waals surface area contributed by atoms with Crippen LogP contribution >= 0.6 is 0 Å². The molecule has 6 heteroatoms. The van der Waals surface area contributed by atoms with E-state index in [1.807, 2.05) is 6.92 Å². The van der Waals surface area contributed by atoms with Crippen molar-refractivity contribution < 1.29 is 36.1 Å². The van der Waals surface area contributed by atoms with Crippen molar-refractivity contribution in [2.45, 2.75) is 83.3 Å². The van der Waals surface area contributed by atoms with E-state index in [-0.39, 0.29) is 43.2 Å². The number of ketones is 2. The Hall–Kier alpha value is -1.34.